The van der Waals surface area contributed by atoms with Gasteiger partial charge in [0.2, 0.25) is 0 Å². The second-order valence-electron chi connectivity index (χ2n) is 18.2. The van der Waals surface area contributed by atoms with Crippen molar-refractivity contribution in [3.8, 4) is 11.1 Å². The van der Waals surface area contributed by atoms with E-state index in [0.29, 0.717) is 0 Å². The van der Waals surface area contributed by atoms with Crippen LogP contribution in [0, 0.1) is 83.1 Å². The van der Waals surface area contributed by atoms with Crippen LogP contribution in [-0.4, -0.2) is 0 Å². The number of aryl methyl sites for hydroxylation is 12. The van der Waals surface area contributed by atoms with Crippen molar-refractivity contribution < 1.29 is 0 Å². The van der Waals surface area contributed by atoms with Crippen molar-refractivity contribution >= 4 is 75.4 Å². The van der Waals surface area contributed by atoms with Crippen LogP contribution in [0.4, 0.5) is 0 Å². The van der Waals surface area contributed by atoms with Gasteiger partial charge in [-0.3, -0.25) is 0 Å². The fourth-order valence-electron chi connectivity index (χ4n) is 10.9. The second-order valence-corrected chi connectivity index (χ2v) is 18.2. The largest absolute Gasteiger partial charge is 0.0613 e. The summed E-state index contributed by atoms with van der Waals surface area (Å²) in [5.41, 5.74) is 19.0. The van der Waals surface area contributed by atoms with Gasteiger partial charge < -0.3 is 0 Å². The van der Waals surface area contributed by atoms with Crippen LogP contribution in [0.5, 0.6) is 0 Å². The molecule has 0 atom stereocenters. The average molecular weight is 803 g/mol. The SMILES string of the molecule is Cc1ccc(C)c2c(C)ccc(C)c12.Cc1ccc2c3ccc(C)c4c(C)ccc(c5ccc(C)c1c25)c43.Cc1cccc2c(-c3ccc(C)c4c(C)cccc34)ccc(C)c12. The van der Waals surface area contributed by atoms with Crippen LogP contribution in [-0.2, 0) is 0 Å². The summed E-state index contributed by atoms with van der Waals surface area (Å²) in [4.78, 5) is 0. The lowest BCUT2D eigenvalue weighted by Gasteiger charge is -2.18. The third kappa shape index (κ3) is 6.60. The molecule has 0 spiro atoms. The number of fused-ring (bicyclic) bond motifs is 5. The number of benzene rings is 11. The van der Waals surface area contributed by atoms with E-state index in [4.69, 9.17) is 0 Å². The van der Waals surface area contributed by atoms with Crippen molar-refractivity contribution in [2.45, 2.75) is 83.1 Å². The van der Waals surface area contributed by atoms with Crippen LogP contribution in [0.2, 0.25) is 0 Å². The number of hydrogen-bond donors (Lipinski definition) is 0. The maximum absolute atomic E-state index is 2.32. The maximum Gasteiger partial charge on any atom is -0.00210 e. The Morgan fingerprint density at radius 2 is 0.371 bits per heavy atom. The molecule has 0 unspecified atom stereocenters. The van der Waals surface area contributed by atoms with E-state index in [0.717, 1.165) is 0 Å². The van der Waals surface area contributed by atoms with E-state index in [2.05, 4.69) is 217 Å². The summed E-state index contributed by atoms with van der Waals surface area (Å²) in [6, 6.07) is 49.6. The van der Waals surface area contributed by atoms with Gasteiger partial charge >= 0.3 is 0 Å². The summed E-state index contributed by atoms with van der Waals surface area (Å²) in [5.74, 6) is 0. The van der Waals surface area contributed by atoms with Crippen LogP contribution < -0.4 is 0 Å². The first-order chi connectivity index (χ1) is 29.8. The van der Waals surface area contributed by atoms with Crippen molar-refractivity contribution in [2.75, 3.05) is 0 Å². The Morgan fingerprint density at radius 3 is 0.661 bits per heavy atom. The fraction of sp³-hybridized carbons (Fsp3) is 0.194. The summed E-state index contributed by atoms with van der Waals surface area (Å²) >= 11 is 0. The Morgan fingerprint density at radius 1 is 0.161 bits per heavy atom. The molecule has 0 heteroatoms. The molecular weight excluding hydrogens is 745 g/mol. The van der Waals surface area contributed by atoms with Crippen LogP contribution in [0.3, 0.4) is 0 Å². The molecule has 0 saturated carbocycles. The highest BCUT2D eigenvalue weighted by Gasteiger charge is 2.17. The minimum absolute atomic E-state index is 1.33. The van der Waals surface area contributed by atoms with Gasteiger partial charge in [0, 0.05) is 0 Å². The highest BCUT2D eigenvalue weighted by Crippen LogP contribution is 2.44. The van der Waals surface area contributed by atoms with Crippen molar-refractivity contribution in [1.82, 2.24) is 0 Å². The van der Waals surface area contributed by atoms with Gasteiger partial charge in [0.05, 0.1) is 0 Å². The van der Waals surface area contributed by atoms with E-state index >= 15 is 0 Å². The molecule has 62 heavy (non-hydrogen) atoms. The van der Waals surface area contributed by atoms with Crippen LogP contribution in [0.25, 0.3) is 86.5 Å². The average Bonchev–Trinajstić information content (AvgIpc) is 3.25. The summed E-state index contributed by atoms with van der Waals surface area (Å²) in [5, 5.41) is 19.6. The van der Waals surface area contributed by atoms with E-state index in [-0.39, 0.29) is 0 Å². The van der Waals surface area contributed by atoms with Crippen molar-refractivity contribution in [3.63, 3.8) is 0 Å². The highest BCUT2D eigenvalue weighted by atomic mass is 14.2. The third-order valence-electron chi connectivity index (χ3n) is 13.9. The molecule has 0 fully saturated rings. The zero-order chi connectivity index (χ0) is 43.7. The molecule has 11 rings (SSSR count). The molecule has 0 aliphatic carbocycles. The van der Waals surface area contributed by atoms with E-state index in [1.807, 2.05) is 0 Å². The lowest BCUT2D eigenvalue weighted by Crippen LogP contribution is -1.92. The van der Waals surface area contributed by atoms with Crippen molar-refractivity contribution in [1.29, 1.82) is 0 Å². The minimum atomic E-state index is 1.33. The van der Waals surface area contributed by atoms with Crippen LogP contribution >= 0.6 is 0 Å². The topological polar surface area (TPSA) is 0 Å². The highest BCUT2D eigenvalue weighted by molar-refractivity contribution is 6.34. The van der Waals surface area contributed by atoms with Gasteiger partial charge in [-0.05, 0) is 236 Å². The Hall–Kier alpha value is -6.50. The zero-order valence-corrected chi connectivity index (χ0v) is 38.7. The summed E-state index contributed by atoms with van der Waals surface area (Å²) in [6.07, 6.45) is 0. The molecule has 11 aromatic rings. The van der Waals surface area contributed by atoms with Crippen molar-refractivity contribution in [2.24, 2.45) is 0 Å². The normalized spacial score (nSPS) is 11.5. The van der Waals surface area contributed by atoms with E-state index in [1.165, 1.54) is 153 Å². The molecule has 0 aliphatic heterocycles. The molecule has 0 N–H and O–H groups in total. The standard InChI is InChI=1S/C24H20.C24H22.C14H16/c1-13-5-9-17-19-11-7-15(3)22-16(4)8-12-20(24(19)22)18-10-6-14(2)21(13)23(17)18;1-15-7-5-9-21-19(13-11-17(3)23(15)21)20-14-12-18(4)24-16(2)8-6-10-22(20)24;1-9-5-6-11(3)14-12(4)8-7-10(2)13(9)14/h5-12H,1-4H3;5-14H,1-4H3;5-8H,1-4H3. The molecule has 0 bridgehead atoms. The molecule has 0 saturated heterocycles. The number of hydrogen-bond acceptors (Lipinski definition) is 0. The molecular formula is C62H58. The Labute approximate surface area is 368 Å². The predicted octanol–water partition coefficient (Wildman–Crippen LogP) is 17.9. The van der Waals surface area contributed by atoms with E-state index < -0.39 is 0 Å². The second kappa shape index (κ2) is 15.8. The first-order valence-corrected chi connectivity index (χ1v) is 22.3. The lowest BCUT2D eigenvalue weighted by atomic mass is 9.85. The fourth-order valence-corrected chi connectivity index (χ4v) is 10.9. The first kappa shape index (κ1) is 40.9. The predicted molar refractivity (Wildman–Crippen MR) is 275 cm³/mol. The van der Waals surface area contributed by atoms with Gasteiger partial charge in [-0.1, -0.05) is 133 Å². The van der Waals surface area contributed by atoms with Gasteiger partial charge in [0.1, 0.15) is 0 Å². The molecule has 306 valence electrons. The molecule has 0 aromatic heterocycles. The summed E-state index contributed by atoms with van der Waals surface area (Å²) < 4.78 is 0. The van der Waals surface area contributed by atoms with Gasteiger partial charge in [0.15, 0.2) is 0 Å². The maximum atomic E-state index is 2.32. The Kier molecular flexibility index (Phi) is 10.4. The quantitative estimate of drug-likeness (QED) is 0.115. The monoisotopic (exact) mass is 802 g/mol. The number of rotatable bonds is 1. The molecule has 0 nitrogen and oxygen atoms in total. The van der Waals surface area contributed by atoms with Gasteiger partial charge in [-0.2, -0.15) is 0 Å². The third-order valence-corrected chi connectivity index (χ3v) is 13.9. The minimum Gasteiger partial charge on any atom is -0.0613 e. The molecule has 11 aromatic carbocycles. The van der Waals surface area contributed by atoms with Crippen LogP contribution in [0.15, 0.2) is 133 Å². The van der Waals surface area contributed by atoms with Gasteiger partial charge in [-0.15, -0.1) is 0 Å². The summed E-state index contributed by atoms with van der Waals surface area (Å²) in [6.45, 7) is 26.5. The zero-order valence-electron chi connectivity index (χ0n) is 38.7. The van der Waals surface area contributed by atoms with Crippen molar-refractivity contribution in [3.05, 3.63) is 200 Å². The molecule has 0 radical (unpaired) electrons. The summed E-state index contributed by atoms with van der Waals surface area (Å²) in [7, 11) is 0. The Bertz CT molecular complexity index is 3190. The first-order valence-electron chi connectivity index (χ1n) is 22.3. The van der Waals surface area contributed by atoms with Gasteiger partial charge in [0.25, 0.3) is 0 Å². The molecule has 0 aliphatic rings. The molecule has 0 heterocycles. The molecule has 0 amide bonds. The van der Waals surface area contributed by atoms with E-state index in [9.17, 15) is 0 Å². The smallest absolute Gasteiger partial charge is 0.00210 e. The van der Waals surface area contributed by atoms with Crippen LogP contribution in [0.1, 0.15) is 66.8 Å². The Balaban J connectivity index is 0.000000123. The lowest BCUT2D eigenvalue weighted by molar-refractivity contribution is 1.38. The van der Waals surface area contributed by atoms with Gasteiger partial charge in [-0.25, -0.2) is 0 Å². The van der Waals surface area contributed by atoms with E-state index in [1.54, 1.807) is 0 Å².